The molecule has 1 aliphatic carbocycles. The Bertz CT molecular complexity index is 824. The highest BCUT2D eigenvalue weighted by molar-refractivity contribution is 5.85. The molecule has 2 fully saturated rings. The minimum absolute atomic E-state index is 0. The Labute approximate surface area is 173 Å². The Balaban J connectivity index is 0.00000240. The second kappa shape index (κ2) is 8.93. The third-order valence-corrected chi connectivity index (χ3v) is 5.17. The van der Waals surface area contributed by atoms with E-state index >= 15 is 0 Å². The Morgan fingerprint density at radius 2 is 1.97 bits per heavy atom. The number of benzene rings is 1. The second-order valence-corrected chi connectivity index (χ2v) is 7.50. The van der Waals surface area contributed by atoms with Gasteiger partial charge in [0.05, 0.1) is 12.7 Å². The van der Waals surface area contributed by atoms with E-state index in [1.807, 2.05) is 0 Å². The number of alkyl halides is 3. The highest BCUT2D eigenvalue weighted by atomic mass is 35.5. The standard InChI is InChI=1S/C20H23F3N2O3.ClH/c1-12-10-14(8-9-24-12)26-11-16-18(25-28-19(16)13-6-7-13)15-4-2-3-5-17(15)27-20(21,22)23;/h2-5,12-14,24H,6-11H2,1H3;1H/t12-,14-;/m1./s1. The molecule has 5 nitrogen and oxygen atoms in total. The van der Waals surface area contributed by atoms with Gasteiger partial charge in [-0.25, -0.2) is 0 Å². The van der Waals surface area contributed by atoms with Crippen molar-refractivity contribution in [3.05, 3.63) is 35.6 Å². The van der Waals surface area contributed by atoms with Crippen molar-refractivity contribution < 1.29 is 27.2 Å². The van der Waals surface area contributed by atoms with Gasteiger partial charge >= 0.3 is 6.36 Å². The average molecular weight is 433 g/mol. The number of nitrogens with one attached hydrogen (secondary N) is 1. The van der Waals surface area contributed by atoms with Crippen LogP contribution in [0.2, 0.25) is 0 Å². The first-order valence-electron chi connectivity index (χ1n) is 9.59. The van der Waals surface area contributed by atoms with Gasteiger partial charge in [-0.3, -0.25) is 0 Å². The van der Waals surface area contributed by atoms with Crippen molar-refractivity contribution in [2.24, 2.45) is 0 Å². The van der Waals surface area contributed by atoms with Gasteiger partial charge in [0, 0.05) is 23.1 Å². The van der Waals surface area contributed by atoms with Crippen molar-refractivity contribution in [3.8, 4) is 17.0 Å². The predicted molar refractivity (Wildman–Crippen MR) is 103 cm³/mol. The number of nitrogens with zero attached hydrogens (tertiary/aromatic N) is 1. The van der Waals surface area contributed by atoms with Gasteiger partial charge in [0.25, 0.3) is 0 Å². The Kier molecular flexibility index (Phi) is 6.76. The number of para-hydroxylation sites is 1. The van der Waals surface area contributed by atoms with Gasteiger partial charge in [0.2, 0.25) is 0 Å². The molecule has 2 aromatic rings. The van der Waals surface area contributed by atoms with E-state index in [4.69, 9.17) is 9.26 Å². The lowest BCUT2D eigenvalue weighted by Crippen LogP contribution is -2.39. The van der Waals surface area contributed by atoms with Crippen LogP contribution in [-0.4, -0.2) is 30.2 Å². The lowest BCUT2D eigenvalue weighted by atomic mass is 10.0. The predicted octanol–water partition coefficient (Wildman–Crippen LogP) is 5.20. The Hall–Kier alpha value is -1.77. The summed E-state index contributed by atoms with van der Waals surface area (Å²) in [6, 6.07) is 6.38. The number of hydrogen-bond acceptors (Lipinski definition) is 5. The van der Waals surface area contributed by atoms with Crippen LogP contribution in [0.1, 0.15) is 49.8 Å². The van der Waals surface area contributed by atoms with Gasteiger partial charge in [-0.15, -0.1) is 25.6 Å². The quantitative estimate of drug-likeness (QED) is 0.680. The van der Waals surface area contributed by atoms with Crippen molar-refractivity contribution in [1.82, 2.24) is 10.5 Å². The summed E-state index contributed by atoms with van der Waals surface area (Å²) < 4.78 is 54.3. The summed E-state index contributed by atoms with van der Waals surface area (Å²) in [7, 11) is 0. The normalized spacial score (nSPS) is 22.2. The van der Waals surface area contributed by atoms with E-state index in [2.05, 4.69) is 22.1 Å². The molecule has 4 rings (SSSR count). The minimum Gasteiger partial charge on any atom is -0.405 e. The zero-order chi connectivity index (χ0) is 19.7. The Morgan fingerprint density at radius 3 is 2.66 bits per heavy atom. The van der Waals surface area contributed by atoms with Crippen LogP contribution in [0, 0.1) is 0 Å². The molecule has 0 spiro atoms. The minimum atomic E-state index is -4.78. The number of aromatic nitrogens is 1. The van der Waals surface area contributed by atoms with Crippen LogP contribution in [-0.2, 0) is 11.3 Å². The van der Waals surface area contributed by atoms with Gasteiger partial charge in [-0.1, -0.05) is 17.3 Å². The number of halogens is 4. The van der Waals surface area contributed by atoms with Crippen LogP contribution < -0.4 is 10.1 Å². The second-order valence-electron chi connectivity index (χ2n) is 7.50. The third kappa shape index (κ3) is 5.43. The molecule has 1 aromatic carbocycles. The Morgan fingerprint density at radius 1 is 1.21 bits per heavy atom. The van der Waals surface area contributed by atoms with Gasteiger partial charge in [0.1, 0.15) is 17.2 Å². The van der Waals surface area contributed by atoms with E-state index in [0.717, 1.165) is 43.6 Å². The molecule has 0 radical (unpaired) electrons. The highest BCUT2D eigenvalue weighted by Crippen LogP contribution is 2.45. The molecule has 1 N–H and O–H groups in total. The van der Waals surface area contributed by atoms with E-state index in [1.54, 1.807) is 12.1 Å². The van der Waals surface area contributed by atoms with E-state index < -0.39 is 6.36 Å². The van der Waals surface area contributed by atoms with Gasteiger partial charge in [-0.05, 0) is 51.3 Å². The fourth-order valence-corrected chi connectivity index (χ4v) is 3.65. The fourth-order valence-electron chi connectivity index (χ4n) is 3.65. The molecular formula is C20H24ClF3N2O3. The molecular weight excluding hydrogens is 409 g/mol. The van der Waals surface area contributed by atoms with Crippen molar-refractivity contribution >= 4 is 12.4 Å². The maximum atomic E-state index is 12.8. The van der Waals surface area contributed by atoms with Crippen LogP contribution in [0.15, 0.2) is 28.8 Å². The lowest BCUT2D eigenvalue weighted by Gasteiger charge is -2.28. The number of hydrogen-bond donors (Lipinski definition) is 1. The molecule has 29 heavy (non-hydrogen) atoms. The summed E-state index contributed by atoms with van der Waals surface area (Å²) in [6.07, 6.45) is -0.891. The lowest BCUT2D eigenvalue weighted by molar-refractivity contribution is -0.274. The third-order valence-electron chi connectivity index (χ3n) is 5.17. The van der Waals surface area contributed by atoms with Gasteiger partial charge in [0.15, 0.2) is 0 Å². The topological polar surface area (TPSA) is 56.5 Å². The molecule has 1 aliphatic heterocycles. The largest absolute Gasteiger partial charge is 0.573 e. The summed E-state index contributed by atoms with van der Waals surface area (Å²) in [5.74, 6) is 0.698. The maximum Gasteiger partial charge on any atom is 0.573 e. The molecule has 2 heterocycles. The summed E-state index contributed by atoms with van der Waals surface area (Å²) in [5, 5.41) is 7.48. The summed E-state index contributed by atoms with van der Waals surface area (Å²) in [5.41, 5.74) is 1.35. The zero-order valence-corrected chi connectivity index (χ0v) is 16.8. The summed E-state index contributed by atoms with van der Waals surface area (Å²) in [4.78, 5) is 0. The molecule has 0 unspecified atom stereocenters. The molecule has 160 valence electrons. The summed E-state index contributed by atoms with van der Waals surface area (Å²) >= 11 is 0. The van der Waals surface area contributed by atoms with E-state index in [9.17, 15) is 13.2 Å². The molecule has 0 amide bonds. The maximum absolute atomic E-state index is 12.8. The first kappa shape index (κ1) is 21.9. The van der Waals surface area contributed by atoms with Gasteiger partial charge in [-0.2, -0.15) is 0 Å². The van der Waals surface area contributed by atoms with E-state index in [0.29, 0.717) is 11.7 Å². The molecule has 9 heteroatoms. The van der Waals surface area contributed by atoms with Crippen LogP contribution in [0.5, 0.6) is 5.75 Å². The van der Waals surface area contributed by atoms with Crippen molar-refractivity contribution in [1.29, 1.82) is 0 Å². The fraction of sp³-hybridized carbons (Fsp3) is 0.550. The van der Waals surface area contributed by atoms with Crippen LogP contribution in [0.3, 0.4) is 0 Å². The molecule has 1 saturated heterocycles. The van der Waals surface area contributed by atoms with Gasteiger partial charge < -0.3 is 19.3 Å². The monoisotopic (exact) mass is 432 g/mol. The molecule has 2 aliphatic rings. The van der Waals surface area contributed by atoms with Crippen molar-refractivity contribution in [2.45, 2.75) is 63.6 Å². The zero-order valence-electron chi connectivity index (χ0n) is 16.0. The van der Waals surface area contributed by atoms with Crippen LogP contribution in [0.4, 0.5) is 13.2 Å². The smallest absolute Gasteiger partial charge is 0.405 e. The first-order chi connectivity index (χ1) is 13.4. The van der Waals surface area contributed by atoms with E-state index in [-0.39, 0.29) is 42.3 Å². The molecule has 0 bridgehead atoms. The molecule has 1 aromatic heterocycles. The number of piperidine rings is 1. The number of rotatable bonds is 6. The highest BCUT2D eigenvalue weighted by Gasteiger charge is 2.36. The summed E-state index contributed by atoms with van der Waals surface area (Å²) in [6.45, 7) is 3.27. The van der Waals surface area contributed by atoms with Crippen LogP contribution >= 0.6 is 12.4 Å². The average Bonchev–Trinajstić information content (AvgIpc) is 3.39. The van der Waals surface area contributed by atoms with Crippen molar-refractivity contribution in [2.75, 3.05) is 6.54 Å². The first-order valence-corrected chi connectivity index (χ1v) is 9.59. The SMILES string of the molecule is C[C@@H]1C[C@H](OCc2c(-c3ccccc3OC(F)(F)F)noc2C2CC2)CCN1.Cl. The molecule has 2 atom stereocenters. The van der Waals surface area contributed by atoms with E-state index in [1.165, 1.54) is 12.1 Å². The van der Waals surface area contributed by atoms with Crippen LogP contribution in [0.25, 0.3) is 11.3 Å². The molecule has 1 saturated carbocycles. The number of ether oxygens (including phenoxy) is 2. The van der Waals surface area contributed by atoms with Crippen molar-refractivity contribution in [3.63, 3.8) is 0 Å².